The second-order valence-corrected chi connectivity index (χ2v) is 7.52. The summed E-state index contributed by atoms with van der Waals surface area (Å²) in [5, 5.41) is 11.6. The van der Waals surface area contributed by atoms with Crippen molar-refractivity contribution in [2.75, 3.05) is 25.2 Å². The molecule has 3 rings (SSSR count). The van der Waals surface area contributed by atoms with E-state index in [4.69, 9.17) is 0 Å². The number of rotatable bonds is 7. The van der Waals surface area contributed by atoms with E-state index >= 15 is 0 Å². The number of benzene rings is 2. The fourth-order valence-corrected chi connectivity index (χ4v) is 3.54. The summed E-state index contributed by atoms with van der Waals surface area (Å²) >= 11 is 1.32. The molecule has 1 N–H and O–H groups in total. The summed E-state index contributed by atoms with van der Waals surface area (Å²) in [4.78, 5) is 25.8. The first-order chi connectivity index (χ1) is 14.0. The second kappa shape index (κ2) is 9.38. The van der Waals surface area contributed by atoms with Crippen LogP contribution in [-0.2, 0) is 11.2 Å². The minimum absolute atomic E-state index is 0.0786. The van der Waals surface area contributed by atoms with Crippen molar-refractivity contribution < 1.29 is 9.59 Å². The monoisotopic (exact) mass is 409 g/mol. The number of carbonyl (C=O) groups is 2. The number of thioether (sulfide) groups is 1. The van der Waals surface area contributed by atoms with Gasteiger partial charge in [-0.05, 0) is 42.3 Å². The summed E-state index contributed by atoms with van der Waals surface area (Å²) < 4.78 is 1.90. The molecule has 0 fully saturated rings. The van der Waals surface area contributed by atoms with Crippen molar-refractivity contribution in [3.8, 4) is 5.69 Å². The number of anilines is 1. The van der Waals surface area contributed by atoms with Crippen LogP contribution in [-0.4, -0.2) is 51.3 Å². The van der Waals surface area contributed by atoms with Crippen molar-refractivity contribution in [2.45, 2.75) is 18.5 Å². The van der Waals surface area contributed by atoms with Crippen molar-refractivity contribution in [1.29, 1.82) is 0 Å². The van der Waals surface area contributed by atoms with Crippen LogP contribution in [0.3, 0.4) is 0 Å². The normalized spacial score (nSPS) is 10.6. The number of hydrogen-bond donors (Lipinski definition) is 1. The molecule has 3 aromatic rings. The second-order valence-electron chi connectivity index (χ2n) is 6.58. The smallest absolute Gasteiger partial charge is 0.253 e. The quantitative estimate of drug-likeness (QED) is 0.606. The van der Waals surface area contributed by atoms with Crippen LogP contribution in [0.1, 0.15) is 22.8 Å². The standard InChI is InChI=1S/C21H23N5O2S/c1-4-15-7-5-6-8-18(15)26-14-22-24-21(26)29-13-19(27)23-17-11-9-16(10-12-17)20(28)25(2)3/h5-12,14H,4,13H2,1-3H3,(H,23,27). The van der Waals surface area contributed by atoms with Crippen LogP contribution in [0, 0.1) is 0 Å². The molecule has 150 valence electrons. The highest BCUT2D eigenvalue weighted by Gasteiger charge is 2.13. The van der Waals surface area contributed by atoms with Crippen LogP contribution in [0.25, 0.3) is 5.69 Å². The Kier molecular flexibility index (Phi) is 6.66. The van der Waals surface area contributed by atoms with E-state index in [2.05, 4.69) is 28.5 Å². The van der Waals surface area contributed by atoms with Gasteiger partial charge in [-0.25, -0.2) is 0 Å². The summed E-state index contributed by atoms with van der Waals surface area (Å²) in [6, 6.07) is 14.9. The van der Waals surface area contributed by atoms with E-state index in [0.717, 1.165) is 12.1 Å². The molecule has 0 aliphatic carbocycles. The molecule has 7 nitrogen and oxygen atoms in total. The van der Waals surface area contributed by atoms with E-state index in [-0.39, 0.29) is 17.6 Å². The maximum atomic E-state index is 12.3. The maximum Gasteiger partial charge on any atom is 0.253 e. The van der Waals surface area contributed by atoms with Gasteiger partial charge in [0.25, 0.3) is 5.91 Å². The molecule has 1 aromatic heterocycles. The first kappa shape index (κ1) is 20.6. The van der Waals surface area contributed by atoms with Gasteiger partial charge in [0.1, 0.15) is 6.33 Å². The molecule has 0 aliphatic heterocycles. The zero-order chi connectivity index (χ0) is 20.8. The minimum atomic E-state index is -0.153. The van der Waals surface area contributed by atoms with Gasteiger partial charge in [-0.15, -0.1) is 10.2 Å². The molecular weight excluding hydrogens is 386 g/mol. The lowest BCUT2D eigenvalue weighted by atomic mass is 10.1. The number of nitrogens with zero attached hydrogens (tertiary/aromatic N) is 4. The Morgan fingerprint density at radius 2 is 1.83 bits per heavy atom. The van der Waals surface area contributed by atoms with Gasteiger partial charge in [0, 0.05) is 25.3 Å². The third-order valence-corrected chi connectivity index (χ3v) is 5.25. The van der Waals surface area contributed by atoms with Crippen LogP contribution in [0.5, 0.6) is 0 Å². The molecule has 0 saturated carbocycles. The average Bonchev–Trinajstić information content (AvgIpc) is 3.20. The Labute approximate surface area is 174 Å². The van der Waals surface area contributed by atoms with Gasteiger partial charge < -0.3 is 10.2 Å². The lowest BCUT2D eigenvalue weighted by molar-refractivity contribution is -0.113. The molecule has 0 bridgehead atoms. The number of aromatic nitrogens is 3. The fourth-order valence-electron chi connectivity index (χ4n) is 2.81. The van der Waals surface area contributed by atoms with Crippen molar-refractivity contribution in [3.63, 3.8) is 0 Å². The molecule has 0 saturated heterocycles. The third kappa shape index (κ3) is 5.03. The predicted octanol–water partition coefficient (Wildman–Crippen LogP) is 3.26. The Bertz CT molecular complexity index is 998. The lowest BCUT2D eigenvalue weighted by Gasteiger charge is -2.11. The Hall–Kier alpha value is -3.13. The van der Waals surface area contributed by atoms with E-state index in [0.29, 0.717) is 16.4 Å². The minimum Gasteiger partial charge on any atom is -0.345 e. The van der Waals surface area contributed by atoms with Crippen molar-refractivity contribution >= 4 is 29.3 Å². The van der Waals surface area contributed by atoms with Gasteiger partial charge in [0.2, 0.25) is 5.91 Å². The van der Waals surface area contributed by atoms with Crippen molar-refractivity contribution in [1.82, 2.24) is 19.7 Å². The van der Waals surface area contributed by atoms with Crippen LogP contribution in [0.2, 0.25) is 0 Å². The van der Waals surface area contributed by atoms with E-state index in [1.54, 1.807) is 44.7 Å². The van der Waals surface area contributed by atoms with Crippen LogP contribution in [0.4, 0.5) is 5.69 Å². The summed E-state index contributed by atoms with van der Waals surface area (Å²) in [6.07, 6.45) is 2.56. The molecule has 1 heterocycles. The SMILES string of the molecule is CCc1ccccc1-n1cnnc1SCC(=O)Nc1ccc(C(=O)N(C)C)cc1. The summed E-state index contributed by atoms with van der Waals surface area (Å²) in [5.74, 6) is -0.0316. The summed E-state index contributed by atoms with van der Waals surface area (Å²) in [6.45, 7) is 2.10. The van der Waals surface area contributed by atoms with Gasteiger partial charge in [0.05, 0.1) is 11.4 Å². The van der Waals surface area contributed by atoms with Gasteiger partial charge >= 0.3 is 0 Å². The number of aryl methyl sites for hydroxylation is 1. The largest absolute Gasteiger partial charge is 0.345 e. The van der Waals surface area contributed by atoms with Gasteiger partial charge in [-0.3, -0.25) is 14.2 Å². The zero-order valence-electron chi connectivity index (χ0n) is 16.6. The first-order valence-electron chi connectivity index (χ1n) is 9.22. The number of para-hydroxylation sites is 1. The zero-order valence-corrected chi connectivity index (χ0v) is 17.4. The van der Waals surface area contributed by atoms with Gasteiger partial charge in [0.15, 0.2) is 5.16 Å². The third-order valence-electron chi connectivity index (χ3n) is 4.30. The molecule has 2 amide bonds. The summed E-state index contributed by atoms with van der Waals surface area (Å²) in [7, 11) is 3.40. The van der Waals surface area contributed by atoms with Crippen molar-refractivity contribution in [3.05, 3.63) is 66.0 Å². The number of carbonyl (C=O) groups excluding carboxylic acids is 2. The van der Waals surface area contributed by atoms with E-state index in [1.807, 2.05) is 22.8 Å². The molecule has 0 spiro atoms. The predicted molar refractivity (Wildman–Crippen MR) is 115 cm³/mol. The van der Waals surface area contributed by atoms with E-state index in [9.17, 15) is 9.59 Å². The number of nitrogens with one attached hydrogen (secondary N) is 1. The van der Waals surface area contributed by atoms with Crippen molar-refractivity contribution in [2.24, 2.45) is 0 Å². The maximum absolute atomic E-state index is 12.3. The molecule has 0 atom stereocenters. The fraction of sp³-hybridized carbons (Fsp3) is 0.238. The van der Waals surface area contributed by atoms with Crippen LogP contribution in [0.15, 0.2) is 60.0 Å². The molecule has 0 radical (unpaired) electrons. The molecule has 29 heavy (non-hydrogen) atoms. The highest BCUT2D eigenvalue weighted by atomic mass is 32.2. The van der Waals surface area contributed by atoms with Gasteiger partial charge in [-0.1, -0.05) is 36.9 Å². The van der Waals surface area contributed by atoms with E-state index in [1.165, 1.54) is 22.2 Å². The molecule has 0 unspecified atom stereocenters. The molecule has 8 heteroatoms. The molecule has 2 aromatic carbocycles. The highest BCUT2D eigenvalue weighted by Crippen LogP contribution is 2.22. The van der Waals surface area contributed by atoms with Crippen LogP contribution >= 0.6 is 11.8 Å². The molecular formula is C21H23N5O2S. The van der Waals surface area contributed by atoms with Crippen LogP contribution < -0.4 is 5.32 Å². The summed E-state index contributed by atoms with van der Waals surface area (Å²) in [5.41, 5.74) is 3.42. The Morgan fingerprint density at radius 1 is 1.10 bits per heavy atom. The molecule has 0 aliphatic rings. The lowest BCUT2D eigenvalue weighted by Crippen LogP contribution is -2.21. The number of hydrogen-bond acceptors (Lipinski definition) is 5. The Morgan fingerprint density at radius 3 is 2.52 bits per heavy atom. The average molecular weight is 410 g/mol. The topological polar surface area (TPSA) is 80.1 Å². The van der Waals surface area contributed by atoms with E-state index < -0.39 is 0 Å². The highest BCUT2D eigenvalue weighted by molar-refractivity contribution is 7.99. The first-order valence-corrected chi connectivity index (χ1v) is 10.2. The number of amides is 2. The Balaban J connectivity index is 1.62. The van der Waals surface area contributed by atoms with Gasteiger partial charge in [-0.2, -0.15) is 0 Å².